The molecule has 0 aliphatic carbocycles. The van der Waals surface area contributed by atoms with Crippen LogP contribution in [0.3, 0.4) is 0 Å². The first-order valence-corrected chi connectivity index (χ1v) is 12.1. The van der Waals surface area contributed by atoms with Crippen LogP contribution < -0.4 is 14.2 Å². The van der Waals surface area contributed by atoms with E-state index in [0.717, 1.165) is 5.56 Å². The zero-order valence-electron chi connectivity index (χ0n) is 21.1. The van der Waals surface area contributed by atoms with Gasteiger partial charge in [-0.2, -0.15) is 0 Å². The van der Waals surface area contributed by atoms with E-state index >= 15 is 0 Å². The van der Waals surface area contributed by atoms with Gasteiger partial charge in [-0.15, -0.1) is 0 Å². The third-order valence-corrected chi connectivity index (χ3v) is 7.55. The fourth-order valence-electron chi connectivity index (χ4n) is 5.58. The second-order valence-corrected chi connectivity index (χ2v) is 9.34. The van der Waals surface area contributed by atoms with Crippen LogP contribution in [0.4, 0.5) is 0 Å². The van der Waals surface area contributed by atoms with Crippen molar-refractivity contribution in [3.63, 3.8) is 0 Å². The molecule has 5 rings (SSSR count). The first-order chi connectivity index (χ1) is 17.4. The fourth-order valence-corrected chi connectivity index (χ4v) is 5.58. The summed E-state index contributed by atoms with van der Waals surface area (Å²) in [6, 6.07) is 10.4. The maximum absolute atomic E-state index is 14.2. The molecule has 0 bridgehead atoms. The molecule has 0 saturated carbocycles. The minimum atomic E-state index is -0.629. The summed E-state index contributed by atoms with van der Waals surface area (Å²) in [5.41, 5.74) is 1.92. The molecule has 2 amide bonds. The maximum atomic E-state index is 14.2. The molecule has 36 heavy (non-hydrogen) atoms. The predicted octanol–water partition coefficient (Wildman–Crippen LogP) is 2.99. The van der Waals surface area contributed by atoms with Gasteiger partial charge in [-0.1, -0.05) is 12.1 Å². The Hall–Kier alpha value is -3.30. The molecule has 192 valence electrons. The number of rotatable bonds is 5. The van der Waals surface area contributed by atoms with Crippen molar-refractivity contribution in [2.24, 2.45) is 0 Å². The third-order valence-electron chi connectivity index (χ3n) is 7.55. The molecule has 2 aromatic rings. The normalized spacial score (nSPS) is 22.9. The Kier molecular flexibility index (Phi) is 6.53. The lowest BCUT2D eigenvalue weighted by molar-refractivity contribution is -0.188. The summed E-state index contributed by atoms with van der Waals surface area (Å²) in [5, 5.41) is 0. The Labute approximate surface area is 210 Å². The van der Waals surface area contributed by atoms with Gasteiger partial charge in [0.25, 0.3) is 5.91 Å². The SMILES string of the molecule is COc1ccc([C@@H]2[C@@H](C(=O)N3CCC4(CC3)OCCO4)c3cc(OC)c(OC)cc3C(=O)N2C)cc1. The van der Waals surface area contributed by atoms with Gasteiger partial charge in [0.05, 0.1) is 46.5 Å². The molecule has 3 heterocycles. The number of amides is 2. The molecular weight excluding hydrogens is 464 g/mol. The molecular formula is C27H32N2O7. The molecule has 2 aromatic carbocycles. The number of carbonyl (C=O) groups excluding carboxylic acids is 2. The molecule has 2 saturated heterocycles. The molecule has 0 radical (unpaired) electrons. The standard InChI is InChI=1S/C27H32N2O7/c1-28-24(17-5-7-18(32-2)8-6-17)23(19-15-21(33-3)22(34-4)16-20(19)25(28)30)26(31)29-11-9-27(10-12-29)35-13-14-36-27/h5-8,15-16,23-24H,9-14H2,1-4H3/t23-,24+/m0/s1. The van der Waals surface area contributed by atoms with Crippen molar-refractivity contribution in [3.8, 4) is 17.2 Å². The molecule has 0 unspecified atom stereocenters. The number of hydrogen-bond acceptors (Lipinski definition) is 7. The monoisotopic (exact) mass is 496 g/mol. The number of likely N-dealkylation sites (N-methyl/N-ethyl adjacent to an activating group) is 1. The topological polar surface area (TPSA) is 86.8 Å². The highest BCUT2D eigenvalue weighted by Crippen LogP contribution is 2.47. The predicted molar refractivity (Wildman–Crippen MR) is 131 cm³/mol. The Morgan fingerprint density at radius 2 is 1.56 bits per heavy atom. The zero-order chi connectivity index (χ0) is 25.4. The molecule has 2 fully saturated rings. The van der Waals surface area contributed by atoms with E-state index in [1.165, 1.54) is 7.11 Å². The summed E-state index contributed by atoms with van der Waals surface area (Å²) in [5.74, 6) is 0.192. The van der Waals surface area contributed by atoms with Crippen LogP contribution in [-0.2, 0) is 14.3 Å². The number of piperidine rings is 1. The lowest BCUT2D eigenvalue weighted by Crippen LogP contribution is -2.51. The van der Waals surface area contributed by atoms with Gasteiger partial charge in [-0.25, -0.2) is 0 Å². The zero-order valence-corrected chi connectivity index (χ0v) is 21.1. The van der Waals surface area contributed by atoms with Crippen molar-refractivity contribution >= 4 is 11.8 Å². The van der Waals surface area contributed by atoms with Crippen LogP contribution in [0.2, 0.25) is 0 Å². The average molecular weight is 497 g/mol. The van der Waals surface area contributed by atoms with Crippen LogP contribution in [0.1, 0.15) is 46.3 Å². The number of fused-ring (bicyclic) bond motifs is 1. The molecule has 3 aliphatic rings. The first-order valence-electron chi connectivity index (χ1n) is 12.1. The van der Waals surface area contributed by atoms with E-state index in [0.29, 0.717) is 67.5 Å². The molecule has 9 nitrogen and oxygen atoms in total. The fraction of sp³-hybridized carbons (Fsp3) is 0.481. The van der Waals surface area contributed by atoms with Gasteiger partial charge in [0.1, 0.15) is 5.75 Å². The molecule has 1 spiro atoms. The number of benzene rings is 2. The maximum Gasteiger partial charge on any atom is 0.254 e. The summed E-state index contributed by atoms with van der Waals surface area (Å²) in [4.78, 5) is 31.3. The van der Waals surface area contributed by atoms with Gasteiger partial charge in [-0.3, -0.25) is 9.59 Å². The largest absolute Gasteiger partial charge is 0.497 e. The van der Waals surface area contributed by atoms with Crippen LogP contribution in [-0.4, -0.2) is 82.1 Å². The number of methoxy groups -OCH3 is 3. The number of likely N-dealkylation sites (tertiary alicyclic amines) is 1. The van der Waals surface area contributed by atoms with Gasteiger partial charge >= 0.3 is 0 Å². The minimum Gasteiger partial charge on any atom is -0.497 e. The Balaban J connectivity index is 1.57. The van der Waals surface area contributed by atoms with E-state index in [9.17, 15) is 9.59 Å². The van der Waals surface area contributed by atoms with E-state index in [4.69, 9.17) is 23.7 Å². The molecule has 2 atom stereocenters. The highest BCUT2D eigenvalue weighted by Gasteiger charge is 2.47. The van der Waals surface area contributed by atoms with Crippen LogP contribution in [0.25, 0.3) is 0 Å². The Bertz CT molecular complexity index is 1130. The number of ether oxygens (including phenoxy) is 5. The second-order valence-electron chi connectivity index (χ2n) is 9.34. The molecule has 9 heteroatoms. The smallest absolute Gasteiger partial charge is 0.254 e. The van der Waals surface area contributed by atoms with Crippen molar-refractivity contribution in [2.45, 2.75) is 30.6 Å². The Morgan fingerprint density at radius 1 is 0.944 bits per heavy atom. The van der Waals surface area contributed by atoms with Crippen molar-refractivity contribution in [1.82, 2.24) is 9.80 Å². The van der Waals surface area contributed by atoms with Gasteiger partial charge in [0.15, 0.2) is 17.3 Å². The van der Waals surface area contributed by atoms with Gasteiger partial charge in [0, 0.05) is 38.5 Å². The number of hydrogen-bond donors (Lipinski definition) is 0. The van der Waals surface area contributed by atoms with Gasteiger partial charge < -0.3 is 33.5 Å². The van der Waals surface area contributed by atoms with Crippen LogP contribution in [0, 0.1) is 0 Å². The van der Waals surface area contributed by atoms with E-state index in [-0.39, 0.29) is 11.8 Å². The van der Waals surface area contributed by atoms with Gasteiger partial charge in [-0.05, 0) is 35.4 Å². The van der Waals surface area contributed by atoms with Crippen molar-refractivity contribution < 1.29 is 33.3 Å². The summed E-state index contributed by atoms with van der Waals surface area (Å²) >= 11 is 0. The highest BCUT2D eigenvalue weighted by molar-refractivity contribution is 6.02. The summed E-state index contributed by atoms with van der Waals surface area (Å²) < 4.78 is 28.0. The number of nitrogens with zero attached hydrogens (tertiary/aromatic N) is 2. The first kappa shape index (κ1) is 24.4. The lowest BCUT2D eigenvalue weighted by Gasteiger charge is -2.44. The van der Waals surface area contributed by atoms with Crippen molar-refractivity contribution in [1.29, 1.82) is 0 Å². The number of carbonyl (C=O) groups is 2. The van der Waals surface area contributed by atoms with E-state index in [1.807, 2.05) is 29.2 Å². The quantitative estimate of drug-likeness (QED) is 0.629. The van der Waals surface area contributed by atoms with E-state index in [1.54, 1.807) is 38.3 Å². The van der Waals surface area contributed by atoms with Crippen LogP contribution >= 0.6 is 0 Å². The molecule has 3 aliphatic heterocycles. The second kappa shape index (κ2) is 9.63. The van der Waals surface area contributed by atoms with E-state index in [2.05, 4.69) is 0 Å². The van der Waals surface area contributed by atoms with Crippen molar-refractivity contribution in [2.75, 3.05) is 54.7 Å². The van der Waals surface area contributed by atoms with Crippen LogP contribution in [0.5, 0.6) is 17.2 Å². The van der Waals surface area contributed by atoms with Gasteiger partial charge in [0.2, 0.25) is 5.91 Å². The average Bonchev–Trinajstić information content (AvgIpc) is 3.37. The summed E-state index contributed by atoms with van der Waals surface area (Å²) in [6.45, 7) is 2.20. The summed E-state index contributed by atoms with van der Waals surface area (Å²) in [6.07, 6.45) is 1.23. The lowest BCUT2D eigenvalue weighted by atomic mass is 9.78. The van der Waals surface area contributed by atoms with Crippen LogP contribution in [0.15, 0.2) is 36.4 Å². The van der Waals surface area contributed by atoms with E-state index < -0.39 is 17.7 Å². The minimum absolute atomic E-state index is 0.0449. The molecule has 0 aromatic heterocycles. The van der Waals surface area contributed by atoms with Crippen molar-refractivity contribution in [3.05, 3.63) is 53.1 Å². The third kappa shape index (κ3) is 4.06. The Morgan fingerprint density at radius 3 is 2.14 bits per heavy atom. The summed E-state index contributed by atoms with van der Waals surface area (Å²) in [7, 11) is 6.42. The molecule has 0 N–H and O–H groups in total. The highest BCUT2D eigenvalue weighted by atomic mass is 16.7.